The summed E-state index contributed by atoms with van der Waals surface area (Å²) in [6.45, 7) is 0.150. The highest BCUT2D eigenvalue weighted by molar-refractivity contribution is 6.24. The molecule has 1 fully saturated rings. The van der Waals surface area contributed by atoms with Gasteiger partial charge in [-0.25, -0.2) is 0 Å². The second kappa shape index (κ2) is 7.67. The number of ether oxygens (including phenoxy) is 1. The van der Waals surface area contributed by atoms with E-state index in [0.29, 0.717) is 13.0 Å². The average molecular weight is 373 g/mol. The van der Waals surface area contributed by atoms with Gasteiger partial charge in [-0.1, -0.05) is 6.07 Å². The van der Waals surface area contributed by atoms with E-state index < -0.39 is 29.7 Å². The van der Waals surface area contributed by atoms with E-state index in [9.17, 15) is 24.0 Å². The van der Waals surface area contributed by atoms with Gasteiger partial charge in [-0.15, -0.1) is 0 Å². The second-order valence-corrected chi connectivity index (χ2v) is 6.35. The quantitative estimate of drug-likeness (QED) is 0.630. The van der Waals surface area contributed by atoms with Crippen LogP contribution in [0.4, 0.5) is 0 Å². The molecule has 2 aliphatic heterocycles. The Morgan fingerprint density at radius 3 is 2.70 bits per heavy atom. The van der Waals surface area contributed by atoms with Crippen molar-refractivity contribution in [2.75, 3.05) is 13.2 Å². The molecule has 3 rings (SSSR count). The summed E-state index contributed by atoms with van der Waals surface area (Å²) < 4.78 is 5.46. The maximum atomic E-state index is 12.8. The van der Waals surface area contributed by atoms with Crippen LogP contribution in [0.3, 0.4) is 0 Å². The number of hydrogen-bond donors (Lipinski definition) is 2. The first-order valence-electron chi connectivity index (χ1n) is 8.63. The van der Waals surface area contributed by atoms with Crippen LogP contribution in [0.25, 0.3) is 0 Å². The van der Waals surface area contributed by atoms with Crippen molar-refractivity contribution >= 4 is 29.4 Å². The van der Waals surface area contributed by atoms with Gasteiger partial charge in [0.25, 0.3) is 11.8 Å². The van der Waals surface area contributed by atoms with E-state index in [1.807, 2.05) is 0 Å². The molecule has 2 heterocycles. The summed E-state index contributed by atoms with van der Waals surface area (Å²) in [4.78, 5) is 61.5. The highest BCUT2D eigenvalue weighted by Gasteiger charge is 2.45. The van der Waals surface area contributed by atoms with Gasteiger partial charge in [0.1, 0.15) is 18.4 Å². The third kappa shape index (κ3) is 3.59. The fourth-order valence-electron chi connectivity index (χ4n) is 3.13. The number of nitrogens with one attached hydrogen (secondary N) is 1. The Kier molecular flexibility index (Phi) is 5.31. The van der Waals surface area contributed by atoms with Gasteiger partial charge < -0.3 is 10.5 Å². The van der Waals surface area contributed by atoms with E-state index in [1.165, 1.54) is 18.2 Å². The number of Topliss-reactive ketones (excluding diaryl/α,β-unsaturated/α-hetero) is 1. The highest BCUT2D eigenvalue weighted by Crippen LogP contribution is 2.33. The van der Waals surface area contributed by atoms with Crippen LogP contribution >= 0.6 is 0 Å². The molecule has 0 bridgehead atoms. The van der Waals surface area contributed by atoms with Crippen molar-refractivity contribution in [2.45, 2.75) is 31.7 Å². The Hall–Kier alpha value is -3.07. The number of rotatable bonds is 7. The number of amides is 4. The molecule has 0 saturated carbocycles. The third-order valence-electron chi connectivity index (χ3n) is 4.48. The Balaban J connectivity index is 1.81. The van der Waals surface area contributed by atoms with Gasteiger partial charge in [0.2, 0.25) is 11.8 Å². The van der Waals surface area contributed by atoms with Crippen molar-refractivity contribution in [3.63, 3.8) is 0 Å². The highest BCUT2D eigenvalue weighted by atomic mass is 16.5. The first kappa shape index (κ1) is 18.7. The number of carbonyl (C=O) groups is 5. The molecule has 9 nitrogen and oxygen atoms in total. The minimum absolute atomic E-state index is 0.0267. The van der Waals surface area contributed by atoms with Gasteiger partial charge in [-0.05, 0) is 31.5 Å². The van der Waals surface area contributed by atoms with Gasteiger partial charge in [0.05, 0.1) is 11.1 Å². The maximum absolute atomic E-state index is 12.8. The molecule has 1 atom stereocenters. The van der Waals surface area contributed by atoms with Crippen molar-refractivity contribution < 1.29 is 28.7 Å². The van der Waals surface area contributed by atoms with Crippen molar-refractivity contribution in [1.29, 1.82) is 0 Å². The summed E-state index contributed by atoms with van der Waals surface area (Å²) in [6, 6.07) is 3.45. The molecular formula is C18H19N3O6. The minimum atomic E-state index is -1.05. The largest absolute Gasteiger partial charge is 0.485 e. The number of carbonyl (C=O) groups excluding carboxylic acids is 5. The van der Waals surface area contributed by atoms with E-state index in [-0.39, 0.29) is 48.5 Å². The molecule has 0 aliphatic carbocycles. The Morgan fingerprint density at radius 1 is 1.22 bits per heavy atom. The summed E-state index contributed by atoms with van der Waals surface area (Å²) in [7, 11) is 0. The molecule has 1 unspecified atom stereocenters. The predicted octanol–water partition coefficient (Wildman–Crippen LogP) is -0.225. The number of benzene rings is 1. The molecule has 0 aromatic heterocycles. The Bertz CT molecular complexity index is 834. The molecule has 27 heavy (non-hydrogen) atoms. The first-order chi connectivity index (χ1) is 12.9. The SMILES string of the molecule is NCCCC(=O)COc1cccc2c1C(=O)N(C1CCC(=O)NC1=O)C2=O. The maximum Gasteiger partial charge on any atom is 0.266 e. The molecule has 4 amide bonds. The molecule has 1 aromatic carbocycles. The minimum Gasteiger partial charge on any atom is -0.485 e. The Labute approximate surface area is 154 Å². The monoisotopic (exact) mass is 373 g/mol. The lowest BCUT2D eigenvalue weighted by Gasteiger charge is -2.27. The summed E-state index contributed by atoms with van der Waals surface area (Å²) in [6.07, 6.45) is 0.920. The summed E-state index contributed by atoms with van der Waals surface area (Å²) in [5.74, 6) is -2.47. The molecule has 142 valence electrons. The summed E-state index contributed by atoms with van der Waals surface area (Å²) in [5, 5.41) is 2.14. The van der Waals surface area contributed by atoms with Crippen LogP contribution in [-0.2, 0) is 14.4 Å². The zero-order valence-electron chi connectivity index (χ0n) is 14.5. The van der Waals surface area contributed by atoms with E-state index in [1.54, 1.807) is 0 Å². The van der Waals surface area contributed by atoms with E-state index >= 15 is 0 Å². The number of ketones is 1. The normalized spacial score (nSPS) is 19.1. The van der Waals surface area contributed by atoms with Gasteiger partial charge in [0.15, 0.2) is 5.78 Å². The lowest BCUT2D eigenvalue weighted by atomic mass is 10.0. The number of imide groups is 2. The topological polar surface area (TPSA) is 136 Å². The van der Waals surface area contributed by atoms with Crippen molar-refractivity contribution in [1.82, 2.24) is 10.2 Å². The van der Waals surface area contributed by atoms with Gasteiger partial charge in [-0.3, -0.25) is 34.2 Å². The van der Waals surface area contributed by atoms with Crippen LogP contribution in [0, 0.1) is 0 Å². The fourth-order valence-corrected chi connectivity index (χ4v) is 3.13. The standard InChI is InChI=1S/C18H19N3O6/c19-8-2-3-10(22)9-27-13-5-1-4-11-15(13)18(26)21(17(11)25)12-6-7-14(23)20-16(12)24/h1,4-5,12H,2-3,6-9,19H2,(H,20,23,24). The molecule has 0 radical (unpaired) electrons. The molecule has 2 aliphatic rings. The molecule has 9 heteroatoms. The number of nitrogens with two attached hydrogens (primary N) is 1. The lowest BCUT2D eigenvalue weighted by molar-refractivity contribution is -0.136. The summed E-state index contributed by atoms with van der Waals surface area (Å²) >= 11 is 0. The number of hydrogen-bond acceptors (Lipinski definition) is 7. The average Bonchev–Trinajstić information content (AvgIpc) is 2.90. The van der Waals surface area contributed by atoms with E-state index in [4.69, 9.17) is 10.5 Å². The first-order valence-corrected chi connectivity index (χ1v) is 8.63. The number of fused-ring (bicyclic) bond motifs is 1. The lowest BCUT2D eigenvalue weighted by Crippen LogP contribution is -2.54. The van der Waals surface area contributed by atoms with Crippen LogP contribution in [0.5, 0.6) is 5.75 Å². The van der Waals surface area contributed by atoms with Crippen LogP contribution < -0.4 is 15.8 Å². The molecule has 1 aromatic rings. The van der Waals surface area contributed by atoms with E-state index in [0.717, 1.165) is 4.90 Å². The zero-order chi connectivity index (χ0) is 19.6. The van der Waals surface area contributed by atoms with Crippen molar-refractivity contribution in [2.24, 2.45) is 5.73 Å². The van der Waals surface area contributed by atoms with Crippen LogP contribution in [0.1, 0.15) is 46.4 Å². The van der Waals surface area contributed by atoms with Crippen LogP contribution in [0.15, 0.2) is 18.2 Å². The molecular weight excluding hydrogens is 354 g/mol. The molecule has 1 saturated heterocycles. The smallest absolute Gasteiger partial charge is 0.266 e. The van der Waals surface area contributed by atoms with Gasteiger partial charge in [0, 0.05) is 12.8 Å². The van der Waals surface area contributed by atoms with Crippen LogP contribution in [0.2, 0.25) is 0 Å². The van der Waals surface area contributed by atoms with Crippen molar-refractivity contribution in [3.05, 3.63) is 29.3 Å². The van der Waals surface area contributed by atoms with Crippen LogP contribution in [-0.4, -0.2) is 53.5 Å². The number of piperidine rings is 1. The van der Waals surface area contributed by atoms with E-state index in [2.05, 4.69) is 5.32 Å². The number of nitrogens with zero attached hydrogens (tertiary/aromatic N) is 1. The third-order valence-corrected chi connectivity index (χ3v) is 4.48. The molecule has 3 N–H and O–H groups in total. The predicted molar refractivity (Wildman–Crippen MR) is 91.9 cm³/mol. The van der Waals surface area contributed by atoms with Crippen molar-refractivity contribution in [3.8, 4) is 5.75 Å². The summed E-state index contributed by atoms with van der Waals surface area (Å²) in [5.41, 5.74) is 5.50. The Morgan fingerprint density at radius 2 is 2.00 bits per heavy atom. The van der Waals surface area contributed by atoms with Gasteiger partial charge in [-0.2, -0.15) is 0 Å². The zero-order valence-corrected chi connectivity index (χ0v) is 14.5. The fraction of sp³-hybridized carbons (Fsp3) is 0.389. The second-order valence-electron chi connectivity index (χ2n) is 6.35. The van der Waals surface area contributed by atoms with Gasteiger partial charge >= 0.3 is 0 Å². The molecule has 0 spiro atoms.